The summed E-state index contributed by atoms with van der Waals surface area (Å²) in [5, 5.41) is 10.0. The summed E-state index contributed by atoms with van der Waals surface area (Å²) >= 11 is 0. The van der Waals surface area contributed by atoms with E-state index < -0.39 is 24.5 Å². The van der Waals surface area contributed by atoms with Gasteiger partial charge in [-0.3, -0.25) is 10.1 Å². The molecule has 1 saturated heterocycles. The quantitative estimate of drug-likeness (QED) is 0.245. The second-order valence-corrected chi connectivity index (χ2v) is 11.1. The number of fused-ring (bicyclic) bond motifs is 1. The minimum Gasteiger partial charge on any atom is -0.482 e. The van der Waals surface area contributed by atoms with E-state index >= 15 is 0 Å². The zero-order valence-corrected chi connectivity index (χ0v) is 23.9. The van der Waals surface area contributed by atoms with Gasteiger partial charge in [0.2, 0.25) is 5.95 Å². The number of amides is 2. The van der Waals surface area contributed by atoms with Crippen LogP contribution in [0.3, 0.4) is 0 Å². The van der Waals surface area contributed by atoms with Crippen LogP contribution in [0.15, 0.2) is 60.8 Å². The smallest absolute Gasteiger partial charge is 0.422 e. The van der Waals surface area contributed by atoms with Crippen LogP contribution in [0.1, 0.15) is 44.0 Å². The third kappa shape index (κ3) is 7.73. The molecule has 2 aromatic carbocycles. The highest BCUT2D eigenvalue weighted by molar-refractivity contribution is 5.95. The van der Waals surface area contributed by atoms with Crippen LogP contribution in [0.5, 0.6) is 5.75 Å². The lowest BCUT2D eigenvalue weighted by Crippen LogP contribution is -2.27. The number of pyridine rings is 1. The van der Waals surface area contributed by atoms with Crippen LogP contribution in [0.2, 0.25) is 0 Å². The van der Waals surface area contributed by atoms with Crippen molar-refractivity contribution in [2.45, 2.75) is 45.4 Å². The predicted octanol–water partition coefficient (Wildman–Crippen LogP) is 6.66. The van der Waals surface area contributed by atoms with E-state index in [1.165, 1.54) is 16.6 Å². The molecule has 43 heavy (non-hydrogen) atoms. The SMILES string of the molecule is CC(C)(C)OC(=O)Nc1ccc(-c2ccc3nc(Nc4ccc(C(=O)N5CCCC5)cc4OCC(F)(F)F)nn3c2)cc1. The number of alkyl halides is 3. The number of carbonyl (C=O) groups excluding carboxylic acids is 2. The lowest BCUT2D eigenvalue weighted by Gasteiger charge is -2.19. The molecular weight excluding hydrogens is 565 g/mol. The third-order valence-corrected chi connectivity index (χ3v) is 6.45. The van der Waals surface area contributed by atoms with Crippen molar-refractivity contribution in [2.24, 2.45) is 0 Å². The minimum atomic E-state index is -4.56. The number of benzene rings is 2. The summed E-state index contributed by atoms with van der Waals surface area (Å²) in [5.74, 6) is -0.264. The number of rotatable bonds is 7. The van der Waals surface area contributed by atoms with Crippen molar-refractivity contribution in [1.82, 2.24) is 19.5 Å². The fourth-order valence-electron chi connectivity index (χ4n) is 4.54. The Balaban J connectivity index is 1.34. The number of nitrogens with zero attached hydrogens (tertiary/aromatic N) is 4. The molecule has 2 aromatic heterocycles. The molecule has 0 radical (unpaired) electrons. The van der Waals surface area contributed by atoms with Crippen LogP contribution < -0.4 is 15.4 Å². The Hall–Kier alpha value is -4.81. The highest BCUT2D eigenvalue weighted by atomic mass is 19.4. The van der Waals surface area contributed by atoms with Crippen molar-refractivity contribution >= 4 is 35.0 Å². The Labute approximate surface area is 245 Å². The maximum Gasteiger partial charge on any atom is 0.422 e. The van der Waals surface area contributed by atoms with E-state index in [0.29, 0.717) is 24.4 Å². The van der Waals surface area contributed by atoms with Gasteiger partial charge in [-0.15, -0.1) is 5.10 Å². The normalized spacial score (nSPS) is 13.7. The van der Waals surface area contributed by atoms with Crippen LogP contribution in [0.4, 0.5) is 35.3 Å². The number of carbonyl (C=O) groups is 2. The molecule has 0 unspecified atom stereocenters. The largest absolute Gasteiger partial charge is 0.482 e. The van der Waals surface area contributed by atoms with Crippen molar-refractivity contribution in [3.05, 3.63) is 66.4 Å². The molecule has 0 atom stereocenters. The molecule has 1 fully saturated rings. The Morgan fingerprint density at radius 2 is 1.65 bits per heavy atom. The Morgan fingerprint density at radius 3 is 2.33 bits per heavy atom. The molecule has 226 valence electrons. The molecule has 4 aromatic rings. The van der Waals surface area contributed by atoms with E-state index in [1.54, 1.807) is 56.1 Å². The van der Waals surface area contributed by atoms with Gasteiger partial charge in [-0.25, -0.2) is 9.31 Å². The second kappa shape index (κ2) is 11.8. The summed E-state index contributed by atoms with van der Waals surface area (Å²) in [6.07, 6.45) is -1.58. The summed E-state index contributed by atoms with van der Waals surface area (Å²) in [7, 11) is 0. The van der Waals surface area contributed by atoms with Crippen LogP contribution in [0.25, 0.3) is 16.8 Å². The van der Waals surface area contributed by atoms with E-state index in [-0.39, 0.29) is 28.9 Å². The van der Waals surface area contributed by atoms with Gasteiger partial charge in [-0.2, -0.15) is 18.2 Å². The maximum absolute atomic E-state index is 13.0. The number of aromatic nitrogens is 3. The summed E-state index contributed by atoms with van der Waals surface area (Å²) in [6, 6.07) is 15.1. The zero-order chi connectivity index (χ0) is 30.8. The fraction of sp³-hybridized carbons (Fsp3) is 0.333. The van der Waals surface area contributed by atoms with Crippen LogP contribution in [0, 0.1) is 0 Å². The maximum atomic E-state index is 13.0. The number of hydrogen-bond acceptors (Lipinski definition) is 7. The van der Waals surface area contributed by atoms with Crippen LogP contribution >= 0.6 is 0 Å². The Kier molecular flexibility index (Phi) is 8.16. The molecule has 1 aliphatic heterocycles. The molecule has 0 bridgehead atoms. The molecule has 2 N–H and O–H groups in total. The summed E-state index contributed by atoms with van der Waals surface area (Å²) in [5.41, 5.74) is 2.54. The molecule has 1 aliphatic rings. The number of halogens is 3. The van der Waals surface area contributed by atoms with E-state index in [4.69, 9.17) is 9.47 Å². The van der Waals surface area contributed by atoms with Gasteiger partial charge in [0, 0.05) is 36.1 Å². The van der Waals surface area contributed by atoms with Crippen LogP contribution in [-0.4, -0.2) is 63.0 Å². The van der Waals surface area contributed by atoms with Gasteiger partial charge >= 0.3 is 12.3 Å². The van der Waals surface area contributed by atoms with Gasteiger partial charge in [-0.05, 0) is 81.6 Å². The molecule has 5 rings (SSSR count). The molecule has 3 heterocycles. The Bertz CT molecular complexity index is 1620. The van der Waals surface area contributed by atoms with E-state index in [0.717, 1.165) is 24.0 Å². The highest BCUT2D eigenvalue weighted by Crippen LogP contribution is 2.31. The van der Waals surface area contributed by atoms with Crippen molar-refractivity contribution in [3.63, 3.8) is 0 Å². The summed E-state index contributed by atoms with van der Waals surface area (Å²) in [6.45, 7) is 5.05. The van der Waals surface area contributed by atoms with Gasteiger partial charge in [0.05, 0.1) is 5.69 Å². The number of nitrogens with one attached hydrogen (secondary N) is 2. The second-order valence-electron chi connectivity index (χ2n) is 11.1. The molecule has 0 aliphatic carbocycles. The molecule has 0 saturated carbocycles. The van der Waals surface area contributed by atoms with Gasteiger partial charge in [0.1, 0.15) is 11.4 Å². The monoisotopic (exact) mass is 596 g/mol. The van der Waals surface area contributed by atoms with Gasteiger partial charge in [0.25, 0.3) is 5.91 Å². The van der Waals surface area contributed by atoms with Crippen LogP contribution in [-0.2, 0) is 4.74 Å². The van der Waals surface area contributed by atoms with E-state index in [9.17, 15) is 22.8 Å². The van der Waals surface area contributed by atoms with Crippen molar-refractivity contribution in [3.8, 4) is 16.9 Å². The van der Waals surface area contributed by atoms with Crippen molar-refractivity contribution in [2.75, 3.05) is 30.3 Å². The third-order valence-electron chi connectivity index (χ3n) is 6.45. The standard InChI is InChI=1S/C30H31F3N6O4/c1-29(2,3)43-28(41)34-22-10-6-19(7-11-22)21-9-13-25-36-27(37-39(25)17-21)35-23-12-8-20(26(40)38-14-4-5-15-38)16-24(23)42-18-30(31,32)33/h6-13,16-17H,4-5,14-15,18H2,1-3H3,(H,34,41)(H,35,37). The average Bonchev–Trinajstić information content (AvgIpc) is 3.61. The number of likely N-dealkylation sites (tertiary alicyclic amines) is 1. The topological polar surface area (TPSA) is 110 Å². The van der Waals surface area contributed by atoms with E-state index in [2.05, 4.69) is 20.7 Å². The summed E-state index contributed by atoms with van der Waals surface area (Å²) < 4.78 is 50.8. The minimum absolute atomic E-state index is 0.129. The first-order chi connectivity index (χ1) is 20.3. The number of hydrogen-bond donors (Lipinski definition) is 2. The molecular formula is C30H31F3N6O4. The number of anilines is 3. The lowest BCUT2D eigenvalue weighted by molar-refractivity contribution is -0.153. The molecule has 2 amide bonds. The fourth-order valence-corrected chi connectivity index (χ4v) is 4.54. The average molecular weight is 597 g/mol. The Morgan fingerprint density at radius 1 is 0.953 bits per heavy atom. The van der Waals surface area contributed by atoms with Gasteiger partial charge in [0.15, 0.2) is 12.3 Å². The lowest BCUT2D eigenvalue weighted by atomic mass is 10.1. The van der Waals surface area contributed by atoms with Crippen molar-refractivity contribution < 1.29 is 32.2 Å². The first kappa shape index (κ1) is 29.7. The number of ether oxygens (including phenoxy) is 2. The van der Waals surface area contributed by atoms with Gasteiger partial charge < -0.3 is 19.7 Å². The highest BCUT2D eigenvalue weighted by Gasteiger charge is 2.29. The first-order valence-corrected chi connectivity index (χ1v) is 13.7. The molecule has 13 heteroatoms. The molecule has 10 nitrogen and oxygen atoms in total. The first-order valence-electron chi connectivity index (χ1n) is 13.7. The van der Waals surface area contributed by atoms with E-state index in [1.807, 2.05) is 18.2 Å². The molecule has 0 spiro atoms. The predicted molar refractivity (Wildman–Crippen MR) is 155 cm³/mol. The van der Waals surface area contributed by atoms with Crippen molar-refractivity contribution in [1.29, 1.82) is 0 Å². The zero-order valence-electron chi connectivity index (χ0n) is 23.9. The summed E-state index contributed by atoms with van der Waals surface area (Å²) in [4.78, 5) is 30.9. The van der Waals surface area contributed by atoms with Gasteiger partial charge in [-0.1, -0.05) is 12.1 Å².